The highest BCUT2D eigenvalue weighted by Gasteiger charge is 2.21. The van der Waals surface area contributed by atoms with E-state index in [1.807, 2.05) is 30.0 Å². The van der Waals surface area contributed by atoms with Crippen LogP contribution in [0, 0.1) is 0 Å². The minimum Gasteiger partial charge on any atom is -0.492 e. The third-order valence-electron chi connectivity index (χ3n) is 5.34. The average molecular weight is 389 g/mol. The Morgan fingerprint density at radius 2 is 1.93 bits per heavy atom. The molecule has 7 heteroatoms. The second-order valence-electron chi connectivity index (χ2n) is 7.35. The van der Waals surface area contributed by atoms with Crippen LogP contribution in [0.1, 0.15) is 26.2 Å². The van der Waals surface area contributed by atoms with Gasteiger partial charge in [0.1, 0.15) is 5.75 Å². The standard InChI is InChI=1S/C21H32N4O3/c1-2-28-19-8-4-3-7-18(19)24-15-13-23(14-16-24)17-20(26)22-10-6-12-25-11-5-9-21(25)27/h3-4,7-8H,2,5-6,9-17H2,1H3,(H,22,26). The number of nitrogens with zero attached hydrogens (tertiary/aromatic N) is 3. The molecule has 0 aliphatic carbocycles. The Morgan fingerprint density at radius 1 is 1.14 bits per heavy atom. The molecule has 2 heterocycles. The first-order valence-electron chi connectivity index (χ1n) is 10.4. The van der Waals surface area contributed by atoms with Crippen LogP contribution in [0.2, 0.25) is 0 Å². The van der Waals surface area contributed by atoms with Crippen molar-refractivity contribution in [1.29, 1.82) is 0 Å². The number of carbonyl (C=O) groups is 2. The molecule has 0 saturated carbocycles. The Hall–Kier alpha value is -2.28. The van der Waals surface area contributed by atoms with E-state index in [4.69, 9.17) is 4.74 Å². The van der Waals surface area contributed by atoms with Gasteiger partial charge in [-0.2, -0.15) is 0 Å². The lowest BCUT2D eigenvalue weighted by Crippen LogP contribution is -2.49. The van der Waals surface area contributed by atoms with Crippen LogP contribution in [-0.2, 0) is 9.59 Å². The molecule has 2 aliphatic rings. The summed E-state index contributed by atoms with van der Waals surface area (Å²) in [5.41, 5.74) is 1.13. The van der Waals surface area contributed by atoms with Crippen molar-refractivity contribution in [3.63, 3.8) is 0 Å². The molecule has 1 aromatic carbocycles. The van der Waals surface area contributed by atoms with Crippen LogP contribution >= 0.6 is 0 Å². The molecule has 2 amide bonds. The van der Waals surface area contributed by atoms with Gasteiger partial charge in [-0.25, -0.2) is 0 Å². The summed E-state index contributed by atoms with van der Waals surface area (Å²) in [5, 5.41) is 2.99. The first kappa shape index (κ1) is 20.5. The van der Waals surface area contributed by atoms with E-state index in [9.17, 15) is 9.59 Å². The monoisotopic (exact) mass is 388 g/mol. The second-order valence-corrected chi connectivity index (χ2v) is 7.35. The number of benzene rings is 1. The zero-order valence-electron chi connectivity index (χ0n) is 16.9. The number of piperazine rings is 1. The molecule has 0 radical (unpaired) electrons. The van der Waals surface area contributed by atoms with Gasteiger partial charge in [0.25, 0.3) is 0 Å². The topological polar surface area (TPSA) is 65.1 Å². The zero-order valence-corrected chi connectivity index (χ0v) is 16.9. The molecule has 2 saturated heterocycles. The molecule has 0 spiro atoms. The molecule has 1 aromatic rings. The number of amides is 2. The lowest BCUT2D eigenvalue weighted by molar-refractivity contribution is -0.127. The number of para-hydroxylation sites is 2. The van der Waals surface area contributed by atoms with Gasteiger partial charge < -0.3 is 19.9 Å². The van der Waals surface area contributed by atoms with Crippen LogP contribution in [0.15, 0.2) is 24.3 Å². The van der Waals surface area contributed by atoms with Crippen molar-refractivity contribution < 1.29 is 14.3 Å². The van der Waals surface area contributed by atoms with Crippen LogP contribution in [0.3, 0.4) is 0 Å². The number of nitrogens with one attached hydrogen (secondary N) is 1. The molecule has 1 N–H and O–H groups in total. The quantitative estimate of drug-likeness (QED) is 0.647. The van der Waals surface area contributed by atoms with Gasteiger partial charge in [0.15, 0.2) is 0 Å². The van der Waals surface area contributed by atoms with Crippen molar-refractivity contribution in [2.24, 2.45) is 0 Å². The van der Waals surface area contributed by atoms with Crippen LogP contribution in [0.4, 0.5) is 5.69 Å². The van der Waals surface area contributed by atoms with E-state index >= 15 is 0 Å². The zero-order chi connectivity index (χ0) is 19.8. The fourth-order valence-electron chi connectivity index (χ4n) is 3.84. The van der Waals surface area contributed by atoms with Crippen molar-refractivity contribution >= 4 is 17.5 Å². The summed E-state index contributed by atoms with van der Waals surface area (Å²) in [4.78, 5) is 30.2. The Bertz CT molecular complexity index is 659. The molecule has 0 unspecified atom stereocenters. The van der Waals surface area contributed by atoms with E-state index in [1.165, 1.54) is 0 Å². The van der Waals surface area contributed by atoms with Gasteiger partial charge in [-0.15, -0.1) is 0 Å². The predicted octanol–water partition coefficient (Wildman–Crippen LogP) is 1.34. The molecule has 3 rings (SSSR count). The first-order chi connectivity index (χ1) is 13.7. The van der Waals surface area contributed by atoms with E-state index in [2.05, 4.69) is 21.2 Å². The fraction of sp³-hybridized carbons (Fsp3) is 0.619. The van der Waals surface area contributed by atoms with Gasteiger partial charge >= 0.3 is 0 Å². The Labute approximate surface area is 167 Å². The largest absolute Gasteiger partial charge is 0.492 e. The summed E-state index contributed by atoms with van der Waals surface area (Å²) in [6.45, 7) is 8.81. The van der Waals surface area contributed by atoms with Crippen LogP contribution < -0.4 is 15.0 Å². The maximum atomic E-state index is 12.2. The third kappa shape index (κ3) is 5.61. The predicted molar refractivity (Wildman–Crippen MR) is 110 cm³/mol. The van der Waals surface area contributed by atoms with E-state index < -0.39 is 0 Å². The average Bonchev–Trinajstić information content (AvgIpc) is 3.11. The molecule has 2 fully saturated rings. The first-order valence-corrected chi connectivity index (χ1v) is 10.4. The number of likely N-dealkylation sites (tertiary alicyclic amines) is 1. The highest BCUT2D eigenvalue weighted by Crippen LogP contribution is 2.28. The molecular weight excluding hydrogens is 356 g/mol. The van der Waals surface area contributed by atoms with Gasteiger partial charge in [0.2, 0.25) is 11.8 Å². The number of ether oxygens (including phenoxy) is 1. The normalized spacial score (nSPS) is 17.8. The molecule has 0 bridgehead atoms. The van der Waals surface area contributed by atoms with E-state index in [1.54, 1.807) is 0 Å². The molecular formula is C21H32N4O3. The molecule has 0 aromatic heterocycles. The van der Waals surface area contributed by atoms with Crippen LogP contribution in [0.25, 0.3) is 0 Å². The van der Waals surface area contributed by atoms with E-state index in [0.29, 0.717) is 26.1 Å². The number of anilines is 1. The van der Waals surface area contributed by atoms with E-state index in [0.717, 1.165) is 63.5 Å². The molecule has 28 heavy (non-hydrogen) atoms. The van der Waals surface area contributed by atoms with Gasteiger partial charge in [0, 0.05) is 52.2 Å². The summed E-state index contributed by atoms with van der Waals surface area (Å²) in [6, 6.07) is 8.13. The summed E-state index contributed by atoms with van der Waals surface area (Å²) < 4.78 is 5.74. The Kier molecular flexibility index (Phi) is 7.54. The van der Waals surface area contributed by atoms with Crippen LogP contribution in [-0.4, -0.2) is 80.6 Å². The minimum absolute atomic E-state index is 0.0657. The lowest BCUT2D eigenvalue weighted by Gasteiger charge is -2.36. The molecule has 154 valence electrons. The maximum absolute atomic E-state index is 12.2. The van der Waals surface area contributed by atoms with Gasteiger partial charge in [0.05, 0.1) is 18.8 Å². The highest BCUT2D eigenvalue weighted by atomic mass is 16.5. The summed E-state index contributed by atoms with van der Waals surface area (Å²) in [5.74, 6) is 1.23. The number of rotatable bonds is 9. The third-order valence-corrected chi connectivity index (χ3v) is 5.34. The SMILES string of the molecule is CCOc1ccccc1N1CCN(CC(=O)NCCCN2CCCC2=O)CC1. The van der Waals surface area contributed by atoms with Crippen LogP contribution in [0.5, 0.6) is 5.75 Å². The number of hydrogen-bond acceptors (Lipinski definition) is 5. The van der Waals surface area contributed by atoms with Gasteiger partial charge in [-0.05, 0) is 31.9 Å². The Morgan fingerprint density at radius 3 is 2.64 bits per heavy atom. The molecule has 7 nitrogen and oxygen atoms in total. The number of carbonyl (C=O) groups excluding carboxylic acids is 2. The highest BCUT2D eigenvalue weighted by molar-refractivity contribution is 5.78. The summed E-state index contributed by atoms with van der Waals surface area (Å²) in [7, 11) is 0. The Balaban J connectivity index is 1.35. The maximum Gasteiger partial charge on any atom is 0.234 e. The summed E-state index contributed by atoms with van der Waals surface area (Å²) in [6.07, 6.45) is 2.46. The van der Waals surface area contributed by atoms with Crippen molar-refractivity contribution in [3.05, 3.63) is 24.3 Å². The van der Waals surface area contributed by atoms with Crippen molar-refractivity contribution in [2.75, 3.05) is 63.9 Å². The smallest absolute Gasteiger partial charge is 0.234 e. The van der Waals surface area contributed by atoms with Crippen molar-refractivity contribution in [2.45, 2.75) is 26.2 Å². The number of hydrogen-bond donors (Lipinski definition) is 1. The lowest BCUT2D eigenvalue weighted by atomic mass is 10.2. The molecule has 0 atom stereocenters. The van der Waals surface area contributed by atoms with Gasteiger partial charge in [-0.3, -0.25) is 14.5 Å². The fourth-order valence-corrected chi connectivity index (χ4v) is 3.84. The minimum atomic E-state index is 0.0657. The van der Waals surface area contributed by atoms with Crippen molar-refractivity contribution in [1.82, 2.24) is 15.1 Å². The van der Waals surface area contributed by atoms with Gasteiger partial charge in [-0.1, -0.05) is 12.1 Å². The summed E-state index contributed by atoms with van der Waals surface area (Å²) >= 11 is 0. The van der Waals surface area contributed by atoms with E-state index in [-0.39, 0.29) is 11.8 Å². The molecule has 2 aliphatic heterocycles. The van der Waals surface area contributed by atoms with Crippen molar-refractivity contribution in [3.8, 4) is 5.75 Å². The second kappa shape index (κ2) is 10.3.